The second kappa shape index (κ2) is 36.9. The Morgan fingerprint density at radius 1 is 0.571 bits per heavy atom. The van der Waals surface area contributed by atoms with E-state index in [0.29, 0.717) is 49.0 Å². The van der Waals surface area contributed by atoms with Crippen LogP contribution in [-0.2, 0) is 76.8 Å². The first-order chi connectivity index (χ1) is 46.0. The Labute approximate surface area is 597 Å². The van der Waals surface area contributed by atoms with E-state index >= 15 is 19.2 Å². The highest BCUT2D eigenvalue weighted by Crippen LogP contribution is 2.25. The SMILES string of the molecule is CC[C@H](C)[C@@H]1NC(=O)[C@H](CC(C)C)N(C)C(=O)C[C@@H](C(=O)N2CCCCC2)N(C)C(=O)[C@H](CC(C)C)NC(=O)C(C)(C)N(C)C(=O)[C@H](Cc2ccccc2Cl)NC(=O)[C@H](Cc2cccc(I)c2)NC(=O)CN(C)C(=O)[C@H](Cc2ccc(C)cc2)N(C)C(=O)CN(C)C(=O)CN(C)C1=O. The van der Waals surface area contributed by atoms with Crippen molar-refractivity contribution < 1.29 is 57.5 Å². The van der Waals surface area contributed by atoms with E-state index < -0.39 is 151 Å². The topological polar surface area (TPSA) is 279 Å². The summed E-state index contributed by atoms with van der Waals surface area (Å²) in [6.45, 7) is 14.9. The second-order valence-corrected chi connectivity index (χ2v) is 29.5. The molecule has 2 fully saturated rings. The molecule has 0 radical (unpaired) electrons. The molecule has 2 heterocycles. The van der Waals surface area contributed by atoms with E-state index in [0.717, 1.165) is 35.2 Å². The van der Waals surface area contributed by atoms with Gasteiger partial charge in [0, 0.05) is 90.3 Å². The highest BCUT2D eigenvalue weighted by molar-refractivity contribution is 14.1. The third-order valence-electron chi connectivity index (χ3n) is 18.8. The summed E-state index contributed by atoms with van der Waals surface area (Å²) in [5, 5.41) is 11.7. The van der Waals surface area contributed by atoms with Gasteiger partial charge in [-0.3, -0.25) is 57.5 Å². The molecule has 24 nitrogen and oxygen atoms in total. The standard InChI is InChI=1S/C72H104ClIN12O12/c1-17-47(7)63-70(97)81(12)42-61(89)79(10)43-62(90)83(14)57(38-48-30-28-46(6)29-31-48)68(95)80(11)41-59(87)75-53(37-49-24-23-26-51(74)36-49)64(91)76-55(39-50-25-19-20-27-52(50)73)67(94)85(16)72(8,9)71(98)77-54(34-44(2)3)66(93)84(15)58(69(96)86-32-21-18-22-33-86)40-60(88)82(13)56(35-45(4)5)65(92)78-63/h19-20,23-31,36,44-45,47,53-58,63H,17-18,21-22,32-35,37-43H2,1-16H3,(H,75,87)(H,76,91)(H,77,98)(H,78,92)/t47-,53-,54-,55-,56-,57-,58-,63-/m0/s1. The number of nitrogens with zero attached hydrogens (tertiary/aromatic N) is 8. The fourth-order valence-corrected chi connectivity index (χ4v) is 12.7. The summed E-state index contributed by atoms with van der Waals surface area (Å²) in [4.78, 5) is 187. The molecule has 0 spiro atoms. The number of halogens is 2. The van der Waals surface area contributed by atoms with E-state index in [-0.39, 0.29) is 49.0 Å². The van der Waals surface area contributed by atoms with Crippen LogP contribution in [0.4, 0.5) is 0 Å². The van der Waals surface area contributed by atoms with Crippen LogP contribution in [-0.4, -0.2) is 240 Å². The number of carbonyl (C=O) groups is 12. The van der Waals surface area contributed by atoms with E-state index in [1.54, 1.807) is 48.2 Å². The zero-order valence-corrected chi connectivity index (χ0v) is 63.0. The van der Waals surface area contributed by atoms with Crippen LogP contribution >= 0.6 is 34.2 Å². The number of hydrogen-bond acceptors (Lipinski definition) is 12. The molecular formula is C72H104ClIN12O12. The maximum atomic E-state index is 15.3. The molecule has 4 N–H and O–H groups in total. The normalized spacial score (nSPS) is 23.4. The lowest BCUT2D eigenvalue weighted by Crippen LogP contribution is -2.64. The molecule has 3 aromatic carbocycles. The van der Waals surface area contributed by atoms with Crippen molar-refractivity contribution in [1.82, 2.24) is 60.5 Å². The third kappa shape index (κ3) is 22.4. The summed E-state index contributed by atoms with van der Waals surface area (Å²) in [6, 6.07) is 12.1. The van der Waals surface area contributed by atoms with Crippen LogP contribution in [0.3, 0.4) is 0 Å². The van der Waals surface area contributed by atoms with E-state index in [1.807, 2.05) is 77.9 Å². The molecule has 0 saturated carbocycles. The van der Waals surface area contributed by atoms with Gasteiger partial charge in [0.05, 0.1) is 26.1 Å². The van der Waals surface area contributed by atoms with Crippen LogP contribution in [0.15, 0.2) is 72.8 Å². The number of likely N-dealkylation sites (tertiary alicyclic amines) is 1. The van der Waals surface area contributed by atoms with Crippen molar-refractivity contribution in [2.45, 2.75) is 174 Å². The summed E-state index contributed by atoms with van der Waals surface area (Å²) in [5.41, 5.74) is 0.939. The predicted molar refractivity (Wildman–Crippen MR) is 383 cm³/mol. The van der Waals surface area contributed by atoms with Crippen molar-refractivity contribution in [3.8, 4) is 0 Å². The number of piperidine rings is 1. The zero-order chi connectivity index (χ0) is 73.2. The van der Waals surface area contributed by atoms with E-state index in [2.05, 4.69) is 43.9 Å². The Hall–Kier alpha value is -7.68. The molecule has 0 bridgehead atoms. The van der Waals surface area contributed by atoms with Crippen LogP contribution in [0.2, 0.25) is 5.02 Å². The van der Waals surface area contributed by atoms with Crippen molar-refractivity contribution >= 4 is 105 Å². The number of hydrogen-bond donors (Lipinski definition) is 4. The van der Waals surface area contributed by atoms with Gasteiger partial charge in [-0.25, -0.2) is 0 Å². The Kier molecular flexibility index (Phi) is 30.5. The zero-order valence-electron chi connectivity index (χ0n) is 60.0. The predicted octanol–water partition coefficient (Wildman–Crippen LogP) is 4.87. The van der Waals surface area contributed by atoms with E-state index in [4.69, 9.17) is 11.6 Å². The first-order valence-electron chi connectivity index (χ1n) is 33.8. The summed E-state index contributed by atoms with van der Waals surface area (Å²) in [6.07, 6.45) is 1.97. The molecular weight excluding hydrogens is 1390 g/mol. The lowest BCUT2D eigenvalue weighted by Gasteiger charge is -2.39. The molecule has 2 aliphatic heterocycles. The van der Waals surface area contributed by atoms with Crippen molar-refractivity contribution in [3.05, 3.63) is 104 Å². The summed E-state index contributed by atoms with van der Waals surface area (Å²) in [7, 11) is 9.77. The molecule has 3 aromatic rings. The number of rotatable bonds is 13. The van der Waals surface area contributed by atoms with Crippen LogP contribution in [0.25, 0.3) is 0 Å². The van der Waals surface area contributed by atoms with Gasteiger partial charge >= 0.3 is 0 Å². The van der Waals surface area contributed by atoms with Gasteiger partial charge in [0.2, 0.25) is 70.9 Å². The number of nitrogens with one attached hydrogen (secondary N) is 4. The Morgan fingerprint density at radius 2 is 1.17 bits per heavy atom. The highest BCUT2D eigenvalue weighted by Gasteiger charge is 2.44. The van der Waals surface area contributed by atoms with Crippen LogP contribution in [0.5, 0.6) is 0 Å². The van der Waals surface area contributed by atoms with E-state index in [9.17, 15) is 38.4 Å². The Bertz CT molecular complexity index is 3350. The minimum Gasteiger partial charge on any atom is -0.342 e. The number of carbonyl (C=O) groups excluding carboxylic acids is 12. The van der Waals surface area contributed by atoms with Gasteiger partial charge in [-0.15, -0.1) is 0 Å². The first kappa shape index (κ1) is 81.0. The molecule has 538 valence electrons. The van der Waals surface area contributed by atoms with Crippen molar-refractivity contribution in [1.29, 1.82) is 0 Å². The number of aryl methyl sites for hydroxylation is 1. The fourth-order valence-electron chi connectivity index (χ4n) is 11.9. The fraction of sp³-hybridized carbons (Fsp3) is 0.583. The van der Waals surface area contributed by atoms with Gasteiger partial charge < -0.3 is 60.5 Å². The monoisotopic (exact) mass is 1490 g/mol. The minimum atomic E-state index is -1.78. The average Bonchev–Trinajstić information content (AvgIpc) is 0.807. The van der Waals surface area contributed by atoms with Crippen LogP contribution < -0.4 is 21.3 Å². The molecule has 2 aliphatic rings. The van der Waals surface area contributed by atoms with Gasteiger partial charge in [0.15, 0.2) is 0 Å². The first-order valence-corrected chi connectivity index (χ1v) is 35.3. The van der Waals surface area contributed by atoms with Crippen molar-refractivity contribution in [3.63, 3.8) is 0 Å². The number of likely N-dealkylation sites (N-methyl/N-ethyl adjacent to an activating group) is 7. The molecule has 0 aromatic heterocycles. The molecule has 0 aliphatic carbocycles. The molecule has 26 heteroatoms. The lowest BCUT2D eigenvalue weighted by molar-refractivity contribution is -0.152. The molecule has 0 unspecified atom stereocenters. The summed E-state index contributed by atoms with van der Waals surface area (Å²) >= 11 is 8.86. The van der Waals surface area contributed by atoms with Gasteiger partial charge in [-0.2, -0.15) is 0 Å². The number of benzene rings is 3. The molecule has 12 amide bonds. The molecule has 5 rings (SSSR count). The van der Waals surface area contributed by atoms with Gasteiger partial charge in [-0.05, 0) is 128 Å². The largest absolute Gasteiger partial charge is 0.342 e. The van der Waals surface area contributed by atoms with Gasteiger partial charge in [-0.1, -0.05) is 120 Å². The Morgan fingerprint density at radius 3 is 1.78 bits per heavy atom. The van der Waals surface area contributed by atoms with Gasteiger partial charge in [0.25, 0.3) is 0 Å². The van der Waals surface area contributed by atoms with Crippen molar-refractivity contribution in [2.75, 3.05) is 82.1 Å². The van der Waals surface area contributed by atoms with Crippen LogP contribution in [0.1, 0.15) is 123 Å². The van der Waals surface area contributed by atoms with E-state index in [1.165, 1.54) is 77.9 Å². The number of amides is 12. The smallest absolute Gasteiger partial charge is 0.246 e. The lowest BCUT2D eigenvalue weighted by atomic mass is 9.95. The van der Waals surface area contributed by atoms with Crippen molar-refractivity contribution in [2.24, 2.45) is 17.8 Å². The molecule has 98 heavy (non-hydrogen) atoms. The third-order valence-corrected chi connectivity index (χ3v) is 19.8. The molecule has 8 atom stereocenters. The quantitative estimate of drug-likeness (QED) is 0.167. The summed E-state index contributed by atoms with van der Waals surface area (Å²) < 4.78 is 0.825. The highest BCUT2D eigenvalue weighted by atomic mass is 127. The average molecular weight is 1490 g/mol. The maximum Gasteiger partial charge on any atom is 0.246 e. The summed E-state index contributed by atoms with van der Waals surface area (Å²) in [5.74, 6) is -9.16. The molecule has 2 saturated heterocycles. The van der Waals surface area contributed by atoms with Crippen LogP contribution in [0, 0.1) is 28.2 Å². The Balaban J connectivity index is 1.65. The van der Waals surface area contributed by atoms with Gasteiger partial charge in [0.1, 0.15) is 47.8 Å². The maximum absolute atomic E-state index is 15.3. The second-order valence-electron chi connectivity index (χ2n) is 27.8. The minimum absolute atomic E-state index is 0.00866.